The van der Waals surface area contributed by atoms with Crippen molar-refractivity contribution in [1.29, 1.82) is 0 Å². The van der Waals surface area contributed by atoms with E-state index in [-0.39, 0.29) is 5.78 Å². The molecule has 0 saturated heterocycles. The van der Waals surface area contributed by atoms with E-state index >= 15 is 0 Å². The number of aromatic nitrogens is 4. The number of carbonyl (C=O) groups excluding carboxylic acids is 1. The largest absolute Gasteiger partial charge is 0.450 e. The number of thioether (sulfide) groups is 1. The Kier molecular flexibility index (Phi) is 4.34. The SMILES string of the molecule is O=C1/C(=C/c2ccc(Sc3nnnn3-c3ccccc3)o2)Sc2ccccc21. The number of nitrogens with zero attached hydrogens (tertiary/aromatic N) is 4. The molecule has 6 nitrogen and oxygen atoms in total. The molecule has 0 bridgehead atoms. The van der Waals surface area contributed by atoms with Gasteiger partial charge >= 0.3 is 0 Å². The molecule has 4 aromatic rings. The summed E-state index contributed by atoms with van der Waals surface area (Å²) in [6.45, 7) is 0. The quantitative estimate of drug-likeness (QED) is 0.455. The van der Waals surface area contributed by atoms with Crippen molar-refractivity contribution < 1.29 is 9.21 Å². The highest BCUT2D eigenvalue weighted by atomic mass is 32.2. The first kappa shape index (κ1) is 17.0. The maximum atomic E-state index is 12.5. The molecule has 1 aliphatic rings. The molecule has 0 aliphatic carbocycles. The molecule has 0 N–H and O–H groups in total. The second-order valence-corrected chi connectivity index (χ2v) is 7.96. The zero-order valence-corrected chi connectivity index (χ0v) is 16.0. The molecule has 0 atom stereocenters. The molecule has 0 amide bonds. The van der Waals surface area contributed by atoms with Gasteiger partial charge in [-0.05, 0) is 64.7 Å². The number of para-hydroxylation sites is 1. The van der Waals surface area contributed by atoms with Gasteiger partial charge in [-0.15, -0.1) is 5.10 Å². The lowest BCUT2D eigenvalue weighted by molar-refractivity contribution is 0.104. The van der Waals surface area contributed by atoms with Crippen molar-refractivity contribution >= 4 is 35.4 Å². The minimum Gasteiger partial charge on any atom is -0.450 e. The van der Waals surface area contributed by atoms with Crippen molar-refractivity contribution in [1.82, 2.24) is 20.2 Å². The molecule has 5 rings (SSSR count). The molecule has 2 aromatic carbocycles. The van der Waals surface area contributed by atoms with Crippen LogP contribution in [0.2, 0.25) is 0 Å². The van der Waals surface area contributed by atoms with Crippen molar-refractivity contribution in [2.45, 2.75) is 15.1 Å². The Morgan fingerprint density at radius 2 is 1.82 bits per heavy atom. The molecule has 0 unspecified atom stereocenters. The van der Waals surface area contributed by atoms with Crippen LogP contribution < -0.4 is 0 Å². The number of allylic oxidation sites excluding steroid dienone is 1. The number of rotatable bonds is 4. The number of Topliss-reactive ketones (excluding diaryl/α,β-unsaturated/α-hetero) is 1. The number of benzene rings is 2. The molecule has 1 aliphatic heterocycles. The summed E-state index contributed by atoms with van der Waals surface area (Å²) in [4.78, 5) is 14.1. The average molecular weight is 404 g/mol. The molecule has 0 fully saturated rings. The number of fused-ring (bicyclic) bond motifs is 1. The Hall–Kier alpha value is -3.10. The lowest BCUT2D eigenvalue weighted by Gasteiger charge is -2.01. The summed E-state index contributed by atoms with van der Waals surface area (Å²) in [6.07, 6.45) is 1.78. The standard InChI is InChI=1S/C20H12N4O2S2/c25-19-15-8-4-5-9-16(15)27-17(19)12-14-10-11-18(26-14)28-20-21-22-23-24(20)13-6-2-1-3-7-13/h1-12H/b17-12-. The lowest BCUT2D eigenvalue weighted by atomic mass is 10.1. The molecule has 0 spiro atoms. The number of hydrogen-bond donors (Lipinski definition) is 0. The predicted octanol–water partition coefficient (Wildman–Crippen LogP) is 4.74. The van der Waals surface area contributed by atoms with Crippen LogP contribution in [0, 0.1) is 0 Å². The maximum absolute atomic E-state index is 12.5. The van der Waals surface area contributed by atoms with E-state index < -0.39 is 0 Å². The average Bonchev–Trinajstić information content (AvgIpc) is 3.44. The van der Waals surface area contributed by atoms with Gasteiger partial charge in [-0.1, -0.05) is 42.1 Å². The molecule has 3 heterocycles. The monoisotopic (exact) mass is 404 g/mol. The van der Waals surface area contributed by atoms with Crippen molar-refractivity contribution in [3.63, 3.8) is 0 Å². The van der Waals surface area contributed by atoms with E-state index in [4.69, 9.17) is 4.42 Å². The smallest absolute Gasteiger partial charge is 0.221 e. The Morgan fingerprint density at radius 1 is 1.00 bits per heavy atom. The molecule has 0 saturated carbocycles. The van der Waals surface area contributed by atoms with Gasteiger partial charge in [0.25, 0.3) is 0 Å². The first-order chi connectivity index (χ1) is 13.8. The lowest BCUT2D eigenvalue weighted by Crippen LogP contribution is -1.97. The van der Waals surface area contributed by atoms with E-state index in [2.05, 4.69) is 15.5 Å². The Balaban J connectivity index is 1.37. The normalized spacial score (nSPS) is 14.6. The van der Waals surface area contributed by atoms with E-state index in [1.807, 2.05) is 66.7 Å². The fourth-order valence-electron chi connectivity index (χ4n) is 2.80. The zero-order chi connectivity index (χ0) is 18.9. The van der Waals surface area contributed by atoms with Gasteiger partial charge in [0.2, 0.25) is 10.9 Å². The third-order valence-corrected chi connectivity index (χ3v) is 6.04. The van der Waals surface area contributed by atoms with E-state index in [1.165, 1.54) is 23.5 Å². The fourth-order valence-corrected chi connectivity index (χ4v) is 4.59. The first-order valence-corrected chi connectivity index (χ1v) is 10.1. The van der Waals surface area contributed by atoms with Gasteiger partial charge in [0.1, 0.15) is 5.76 Å². The van der Waals surface area contributed by atoms with Crippen LogP contribution in [0.4, 0.5) is 0 Å². The van der Waals surface area contributed by atoms with Gasteiger partial charge in [0.15, 0.2) is 5.09 Å². The van der Waals surface area contributed by atoms with Crippen LogP contribution in [-0.2, 0) is 0 Å². The predicted molar refractivity (Wildman–Crippen MR) is 107 cm³/mol. The third kappa shape index (κ3) is 3.17. The number of ketones is 1. The molecule has 136 valence electrons. The van der Waals surface area contributed by atoms with Crippen molar-refractivity contribution in [3.05, 3.63) is 83.0 Å². The highest BCUT2D eigenvalue weighted by molar-refractivity contribution is 8.04. The summed E-state index contributed by atoms with van der Waals surface area (Å²) < 4.78 is 7.52. The fraction of sp³-hybridized carbons (Fsp3) is 0. The van der Waals surface area contributed by atoms with Gasteiger partial charge in [-0.2, -0.15) is 4.68 Å². The van der Waals surface area contributed by atoms with Crippen LogP contribution in [0.3, 0.4) is 0 Å². The minimum atomic E-state index is 0.0271. The first-order valence-electron chi connectivity index (χ1n) is 8.43. The van der Waals surface area contributed by atoms with Crippen LogP contribution in [0.25, 0.3) is 11.8 Å². The summed E-state index contributed by atoms with van der Waals surface area (Å²) in [5, 5.41) is 13.1. The molecule has 2 aromatic heterocycles. The van der Waals surface area contributed by atoms with Gasteiger partial charge in [-0.25, -0.2) is 0 Å². The van der Waals surface area contributed by atoms with Gasteiger partial charge in [-0.3, -0.25) is 4.79 Å². The highest BCUT2D eigenvalue weighted by Gasteiger charge is 2.25. The molecular weight excluding hydrogens is 392 g/mol. The molecule has 0 radical (unpaired) electrons. The summed E-state index contributed by atoms with van der Waals surface area (Å²) in [5.74, 6) is 0.643. The van der Waals surface area contributed by atoms with Crippen LogP contribution in [0.15, 0.2) is 91.2 Å². The Morgan fingerprint density at radius 3 is 2.68 bits per heavy atom. The van der Waals surface area contributed by atoms with Gasteiger partial charge in [0.05, 0.1) is 10.6 Å². The van der Waals surface area contributed by atoms with E-state index in [1.54, 1.807) is 10.8 Å². The van der Waals surface area contributed by atoms with E-state index in [0.29, 0.717) is 20.9 Å². The summed E-state index contributed by atoms with van der Waals surface area (Å²) in [5.41, 5.74) is 1.61. The number of tetrazole rings is 1. The van der Waals surface area contributed by atoms with Gasteiger partial charge < -0.3 is 4.42 Å². The van der Waals surface area contributed by atoms with Crippen molar-refractivity contribution in [2.75, 3.05) is 0 Å². The second-order valence-electron chi connectivity index (χ2n) is 5.90. The summed E-state index contributed by atoms with van der Waals surface area (Å²) >= 11 is 2.78. The van der Waals surface area contributed by atoms with Crippen LogP contribution >= 0.6 is 23.5 Å². The van der Waals surface area contributed by atoms with Crippen molar-refractivity contribution in [3.8, 4) is 5.69 Å². The van der Waals surface area contributed by atoms with E-state index in [9.17, 15) is 4.79 Å². The molecular formula is C20H12N4O2S2. The van der Waals surface area contributed by atoms with Crippen LogP contribution in [0.5, 0.6) is 0 Å². The molecule has 28 heavy (non-hydrogen) atoms. The number of furan rings is 1. The Bertz CT molecular complexity index is 1200. The summed E-state index contributed by atoms with van der Waals surface area (Å²) in [7, 11) is 0. The maximum Gasteiger partial charge on any atom is 0.221 e. The minimum absolute atomic E-state index is 0.0271. The Labute approximate surface area is 168 Å². The topological polar surface area (TPSA) is 73.8 Å². The number of hydrogen-bond acceptors (Lipinski definition) is 7. The van der Waals surface area contributed by atoms with Crippen molar-refractivity contribution in [2.24, 2.45) is 0 Å². The van der Waals surface area contributed by atoms with E-state index in [0.717, 1.165) is 16.1 Å². The third-order valence-electron chi connectivity index (χ3n) is 4.08. The van der Waals surface area contributed by atoms with Crippen LogP contribution in [0.1, 0.15) is 16.1 Å². The van der Waals surface area contributed by atoms with Crippen LogP contribution in [-0.4, -0.2) is 26.0 Å². The molecule has 8 heteroatoms. The zero-order valence-electron chi connectivity index (χ0n) is 14.4. The highest BCUT2D eigenvalue weighted by Crippen LogP contribution is 2.41. The summed E-state index contributed by atoms with van der Waals surface area (Å²) in [6, 6.07) is 20.9. The van der Waals surface area contributed by atoms with Gasteiger partial charge in [0, 0.05) is 10.5 Å². The second kappa shape index (κ2) is 7.14. The number of carbonyl (C=O) groups is 1.